The first kappa shape index (κ1) is 11.6. The number of rotatable bonds is 0. The molecule has 3 aromatic carbocycles. The summed E-state index contributed by atoms with van der Waals surface area (Å²) in [6, 6.07) is 17.9. The lowest BCUT2D eigenvalue weighted by atomic mass is 9.89. The maximum absolute atomic E-state index is 2.40. The van der Waals surface area contributed by atoms with Crippen LogP contribution in [-0.2, 0) is 12.8 Å². The highest BCUT2D eigenvalue weighted by Gasteiger charge is 2.22. The fourth-order valence-electron chi connectivity index (χ4n) is 3.58. The first-order valence-electron chi connectivity index (χ1n) is 7.40. The van der Waals surface area contributed by atoms with E-state index in [4.69, 9.17) is 0 Å². The lowest BCUT2D eigenvalue weighted by Gasteiger charge is -2.25. The Balaban J connectivity index is 1.83. The summed E-state index contributed by atoms with van der Waals surface area (Å²) in [5.41, 5.74) is 5.86. The molecule has 0 fully saturated rings. The molecule has 0 saturated carbocycles. The van der Waals surface area contributed by atoms with Crippen molar-refractivity contribution in [3.8, 4) is 0 Å². The molecule has 5 rings (SSSR count). The van der Waals surface area contributed by atoms with Crippen LogP contribution in [0.3, 0.4) is 0 Å². The quantitative estimate of drug-likeness (QED) is 0.413. The highest BCUT2D eigenvalue weighted by atomic mass is 32.2. The van der Waals surface area contributed by atoms with Crippen LogP contribution in [0.2, 0.25) is 0 Å². The standard InChI is InChI=1S/C20H14S/c1-2-10-18-14(5-1)11-16-12-15-8-3-6-13-7-4-9-17(19(13)15)20(16)21-18/h1-8,10,12H,9,11H2. The molecule has 0 amide bonds. The van der Waals surface area contributed by atoms with Crippen molar-refractivity contribution in [2.24, 2.45) is 0 Å². The Labute approximate surface area is 128 Å². The van der Waals surface area contributed by atoms with Gasteiger partial charge in [0.25, 0.3) is 0 Å². The van der Waals surface area contributed by atoms with Crippen molar-refractivity contribution in [3.05, 3.63) is 76.9 Å². The van der Waals surface area contributed by atoms with Gasteiger partial charge in [-0.25, -0.2) is 0 Å². The third-order valence-corrected chi connectivity index (χ3v) is 5.84. The van der Waals surface area contributed by atoms with Gasteiger partial charge in [-0.3, -0.25) is 0 Å². The van der Waals surface area contributed by atoms with Gasteiger partial charge in [-0.2, -0.15) is 0 Å². The molecular formula is C20H14S. The smallest absolute Gasteiger partial charge is 0.0199 e. The second kappa shape index (κ2) is 4.25. The van der Waals surface area contributed by atoms with Crippen molar-refractivity contribution in [2.45, 2.75) is 22.6 Å². The summed E-state index contributed by atoms with van der Waals surface area (Å²) >= 11 is 1.96. The summed E-state index contributed by atoms with van der Waals surface area (Å²) < 4.78 is 0. The van der Waals surface area contributed by atoms with Gasteiger partial charge in [-0.05, 0) is 58.0 Å². The van der Waals surface area contributed by atoms with Gasteiger partial charge in [-0.1, -0.05) is 60.3 Å². The number of benzene rings is 3. The molecule has 0 spiro atoms. The maximum Gasteiger partial charge on any atom is 0.0199 e. The zero-order valence-corrected chi connectivity index (χ0v) is 12.4. The van der Waals surface area contributed by atoms with Crippen molar-refractivity contribution in [1.82, 2.24) is 0 Å². The van der Waals surface area contributed by atoms with E-state index in [1.165, 1.54) is 42.8 Å². The van der Waals surface area contributed by atoms with Crippen LogP contribution in [0.1, 0.15) is 22.3 Å². The Morgan fingerprint density at radius 1 is 0.905 bits per heavy atom. The highest BCUT2D eigenvalue weighted by molar-refractivity contribution is 7.99. The minimum absolute atomic E-state index is 1.06. The van der Waals surface area contributed by atoms with Gasteiger partial charge in [0, 0.05) is 9.79 Å². The Hall–Kier alpha value is -1.99. The van der Waals surface area contributed by atoms with Crippen molar-refractivity contribution in [3.63, 3.8) is 0 Å². The van der Waals surface area contributed by atoms with Gasteiger partial charge in [-0.15, -0.1) is 0 Å². The Kier molecular flexibility index (Phi) is 2.36. The van der Waals surface area contributed by atoms with Gasteiger partial charge in [0.1, 0.15) is 0 Å². The van der Waals surface area contributed by atoms with E-state index in [2.05, 4.69) is 60.7 Å². The summed E-state index contributed by atoms with van der Waals surface area (Å²) in [5, 5.41) is 2.86. The minimum atomic E-state index is 1.06. The zero-order valence-electron chi connectivity index (χ0n) is 11.6. The predicted octanol–water partition coefficient (Wildman–Crippen LogP) is 5.46. The van der Waals surface area contributed by atoms with Crippen LogP contribution < -0.4 is 0 Å². The van der Waals surface area contributed by atoms with E-state index < -0.39 is 0 Å². The van der Waals surface area contributed by atoms with E-state index in [1.807, 2.05) is 11.8 Å². The fourth-order valence-corrected chi connectivity index (χ4v) is 4.79. The summed E-state index contributed by atoms with van der Waals surface area (Å²) in [7, 11) is 0. The molecule has 3 aromatic rings. The molecule has 1 aliphatic carbocycles. The number of hydrogen-bond acceptors (Lipinski definition) is 1. The average molecular weight is 286 g/mol. The predicted molar refractivity (Wildman–Crippen MR) is 90.1 cm³/mol. The highest BCUT2D eigenvalue weighted by Crippen LogP contribution is 2.45. The van der Waals surface area contributed by atoms with Gasteiger partial charge in [0.05, 0.1) is 0 Å². The lowest BCUT2D eigenvalue weighted by Crippen LogP contribution is -2.05. The molecule has 0 N–H and O–H groups in total. The Bertz CT molecular complexity index is 919. The second-order valence-corrected chi connectivity index (χ2v) is 6.83. The minimum Gasteiger partial charge on any atom is -0.0892 e. The molecule has 1 heteroatoms. The van der Waals surface area contributed by atoms with Crippen LogP contribution in [0.15, 0.2) is 64.4 Å². The van der Waals surface area contributed by atoms with Gasteiger partial charge >= 0.3 is 0 Å². The van der Waals surface area contributed by atoms with Crippen molar-refractivity contribution in [2.75, 3.05) is 0 Å². The van der Waals surface area contributed by atoms with E-state index in [0.29, 0.717) is 0 Å². The van der Waals surface area contributed by atoms with E-state index in [0.717, 1.165) is 12.8 Å². The summed E-state index contributed by atoms with van der Waals surface area (Å²) in [6.45, 7) is 0. The molecule has 1 aliphatic heterocycles. The van der Waals surface area contributed by atoms with Crippen LogP contribution in [0, 0.1) is 0 Å². The molecule has 0 aromatic heterocycles. The molecule has 100 valence electrons. The summed E-state index contributed by atoms with van der Waals surface area (Å²) in [6.07, 6.45) is 6.70. The maximum atomic E-state index is 2.40. The van der Waals surface area contributed by atoms with Crippen LogP contribution >= 0.6 is 11.8 Å². The van der Waals surface area contributed by atoms with Gasteiger partial charge in [0.15, 0.2) is 0 Å². The van der Waals surface area contributed by atoms with E-state index in [-0.39, 0.29) is 0 Å². The number of allylic oxidation sites excluding steroid dienone is 1. The summed E-state index contributed by atoms with van der Waals surface area (Å²) in [4.78, 5) is 2.92. The van der Waals surface area contributed by atoms with Gasteiger partial charge in [0.2, 0.25) is 0 Å². The second-order valence-electron chi connectivity index (χ2n) is 5.78. The molecule has 0 nitrogen and oxygen atoms in total. The zero-order chi connectivity index (χ0) is 13.8. The Morgan fingerprint density at radius 3 is 2.86 bits per heavy atom. The first-order chi connectivity index (χ1) is 10.4. The summed E-state index contributed by atoms with van der Waals surface area (Å²) in [5.74, 6) is 0. The average Bonchev–Trinajstić information content (AvgIpc) is 2.54. The first-order valence-corrected chi connectivity index (χ1v) is 8.21. The number of hydrogen-bond donors (Lipinski definition) is 0. The van der Waals surface area contributed by atoms with Crippen molar-refractivity contribution in [1.29, 1.82) is 0 Å². The SMILES string of the molecule is C1=Cc2cccc3cc4c(c(c23)C1)Sc1ccccc1C4. The third-order valence-electron chi connectivity index (χ3n) is 4.51. The molecule has 0 unspecified atom stereocenters. The van der Waals surface area contributed by atoms with E-state index >= 15 is 0 Å². The van der Waals surface area contributed by atoms with E-state index in [9.17, 15) is 0 Å². The molecule has 0 atom stereocenters. The van der Waals surface area contributed by atoms with Crippen LogP contribution in [0.5, 0.6) is 0 Å². The molecule has 0 saturated heterocycles. The molecular weight excluding hydrogens is 272 g/mol. The molecule has 1 heterocycles. The monoisotopic (exact) mass is 286 g/mol. The van der Waals surface area contributed by atoms with Crippen LogP contribution in [0.25, 0.3) is 16.8 Å². The van der Waals surface area contributed by atoms with Gasteiger partial charge < -0.3 is 0 Å². The Morgan fingerprint density at radius 2 is 1.86 bits per heavy atom. The number of fused-ring (bicyclic) bond motifs is 3. The van der Waals surface area contributed by atoms with Crippen LogP contribution in [0.4, 0.5) is 0 Å². The van der Waals surface area contributed by atoms with Crippen molar-refractivity contribution < 1.29 is 0 Å². The van der Waals surface area contributed by atoms with Crippen LogP contribution in [-0.4, -0.2) is 0 Å². The van der Waals surface area contributed by atoms with E-state index in [1.54, 1.807) is 0 Å². The molecule has 0 bridgehead atoms. The fraction of sp³-hybridized carbons (Fsp3) is 0.100. The largest absolute Gasteiger partial charge is 0.0892 e. The lowest BCUT2D eigenvalue weighted by molar-refractivity contribution is 1.03. The molecule has 0 radical (unpaired) electrons. The van der Waals surface area contributed by atoms with Crippen molar-refractivity contribution >= 4 is 28.6 Å². The topological polar surface area (TPSA) is 0 Å². The molecule has 21 heavy (non-hydrogen) atoms. The molecule has 2 aliphatic rings. The third kappa shape index (κ3) is 1.64. The normalized spacial score (nSPS) is 14.9.